The number of carbonyl (C=O) groups is 4. The maximum Gasteiger partial charge on any atom is 0.354 e. The number of esters is 2. The van der Waals surface area contributed by atoms with Gasteiger partial charge in [-0.25, -0.2) is 14.4 Å². The highest BCUT2D eigenvalue weighted by atomic mass is 32.1. The van der Waals surface area contributed by atoms with E-state index in [4.69, 9.17) is 14.6 Å². The van der Waals surface area contributed by atoms with Crippen molar-refractivity contribution in [2.75, 3.05) is 18.5 Å². The first-order valence-corrected chi connectivity index (χ1v) is 9.64. The van der Waals surface area contributed by atoms with Crippen LogP contribution in [0.4, 0.5) is 5.00 Å². The van der Waals surface area contributed by atoms with E-state index in [9.17, 15) is 19.2 Å². The molecule has 2 N–H and O–H groups in total. The Kier molecular flexibility index (Phi) is 7.48. The Bertz CT molecular complexity index is 932. The molecular formula is C18H21N3O7S. The van der Waals surface area contributed by atoms with E-state index in [1.165, 1.54) is 16.9 Å². The van der Waals surface area contributed by atoms with Crippen molar-refractivity contribution in [3.63, 3.8) is 0 Å². The summed E-state index contributed by atoms with van der Waals surface area (Å²) in [6.07, 6.45) is 1.24. The Labute approximate surface area is 170 Å². The number of rotatable bonds is 9. The first kappa shape index (κ1) is 22.1. The van der Waals surface area contributed by atoms with Gasteiger partial charge in [-0.05, 0) is 32.4 Å². The summed E-state index contributed by atoms with van der Waals surface area (Å²) in [6.45, 7) is 5.22. The Morgan fingerprint density at radius 1 is 1.17 bits per heavy atom. The van der Waals surface area contributed by atoms with Crippen molar-refractivity contribution in [2.45, 2.75) is 33.7 Å². The molecule has 2 aromatic rings. The van der Waals surface area contributed by atoms with Crippen molar-refractivity contribution in [3.8, 4) is 0 Å². The molecule has 0 atom stereocenters. The normalized spacial score (nSPS) is 10.4. The van der Waals surface area contributed by atoms with Gasteiger partial charge in [-0.3, -0.25) is 9.48 Å². The zero-order chi connectivity index (χ0) is 21.6. The lowest BCUT2D eigenvalue weighted by Gasteiger charge is -2.08. The van der Waals surface area contributed by atoms with Gasteiger partial charge in [-0.15, -0.1) is 11.3 Å². The summed E-state index contributed by atoms with van der Waals surface area (Å²) in [4.78, 5) is 48.1. The molecule has 0 aliphatic carbocycles. The largest absolute Gasteiger partial charge is 0.477 e. The number of carboxylic acid groups (broad SMARTS) is 1. The third-order valence-electron chi connectivity index (χ3n) is 3.83. The minimum absolute atomic E-state index is 0.0320. The van der Waals surface area contributed by atoms with E-state index in [-0.39, 0.29) is 47.3 Å². The molecule has 0 aromatic carbocycles. The molecular weight excluding hydrogens is 402 g/mol. The minimum Gasteiger partial charge on any atom is -0.477 e. The molecule has 156 valence electrons. The molecule has 0 unspecified atom stereocenters. The van der Waals surface area contributed by atoms with Crippen LogP contribution in [-0.4, -0.2) is 51.9 Å². The van der Waals surface area contributed by atoms with Crippen LogP contribution in [0.5, 0.6) is 0 Å². The van der Waals surface area contributed by atoms with E-state index < -0.39 is 23.8 Å². The molecule has 0 saturated heterocycles. The van der Waals surface area contributed by atoms with Crippen molar-refractivity contribution in [1.29, 1.82) is 0 Å². The van der Waals surface area contributed by atoms with Crippen LogP contribution in [0, 0.1) is 6.92 Å². The van der Waals surface area contributed by atoms with Crippen LogP contribution in [-0.2, 0) is 20.8 Å². The van der Waals surface area contributed by atoms with Gasteiger partial charge in [-0.2, -0.15) is 5.10 Å². The molecule has 0 radical (unpaired) electrons. The Morgan fingerprint density at radius 3 is 2.45 bits per heavy atom. The Hall–Kier alpha value is -3.21. The third kappa shape index (κ3) is 5.19. The standard InChI is InChI=1S/C18H21N3O7S/c1-4-27-17(25)13-10(3)14(18(26)28-5-2)29-15(13)20-12(22)7-9-21-11(16(23)24)6-8-19-21/h6,8H,4-5,7,9H2,1-3H3,(H,20,22)(H,23,24). The lowest BCUT2D eigenvalue weighted by atomic mass is 10.1. The number of amides is 1. The van der Waals surface area contributed by atoms with Crippen molar-refractivity contribution in [2.24, 2.45) is 0 Å². The second kappa shape index (κ2) is 9.82. The van der Waals surface area contributed by atoms with Gasteiger partial charge >= 0.3 is 17.9 Å². The predicted molar refractivity (Wildman–Crippen MR) is 103 cm³/mol. The number of nitrogens with zero attached hydrogens (tertiary/aromatic N) is 2. The predicted octanol–water partition coefficient (Wildman–Crippen LogP) is 2.33. The average molecular weight is 423 g/mol. The molecule has 11 heteroatoms. The first-order valence-electron chi connectivity index (χ1n) is 8.82. The lowest BCUT2D eigenvalue weighted by Crippen LogP contribution is -2.18. The molecule has 0 bridgehead atoms. The summed E-state index contributed by atoms with van der Waals surface area (Å²) in [7, 11) is 0. The maximum absolute atomic E-state index is 12.4. The number of nitrogens with one attached hydrogen (secondary N) is 1. The minimum atomic E-state index is -1.15. The number of aryl methyl sites for hydroxylation is 1. The molecule has 2 rings (SSSR count). The van der Waals surface area contributed by atoms with Gasteiger partial charge in [0.1, 0.15) is 15.6 Å². The second-order valence-corrected chi connectivity index (χ2v) is 6.76. The SMILES string of the molecule is CCOC(=O)c1sc(NC(=O)CCn2nccc2C(=O)O)c(C(=O)OCC)c1C. The number of thiophene rings is 1. The van der Waals surface area contributed by atoms with Crippen LogP contribution < -0.4 is 5.32 Å². The van der Waals surface area contributed by atoms with Crippen LogP contribution in [0.2, 0.25) is 0 Å². The molecule has 10 nitrogen and oxygen atoms in total. The van der Waals surface area contributed by atoms with Gasteiger partial charge < -0.3 is 19.9 Å². The summed E-state index contributed by atoms with van der Waals surface area (Å²) in [5.74, 6) is -2.88. The number of aromatic nitrogens is 2. The fraction of sp³-hybridized carbons (Fsp3) is 0.389. The Morgan fingerprint density at radius 2 is 1.83 bits per heavy atom. The smallest absolute Gasteiger partial charge is 0.354 e. The van der Waals surface area contributed by atoms with Crippen LogP contribution in [0.3, 0.4) is 0 Å². The summed E-state index contributed by atoms with van der Waals surface area (Å²) in [5.41, 5.74) is 0.419. The number of carbonyl (C=O) groups excluding carboxylic acids is 3. The van der Waals surface area contributed by atoms with Crippen molar-refractivity contribution >= 4 is 40.2 Å². The second-order valence-electron chi connectivity index (χ2n) is 5.74. The molecule has 29 heavy (non-hydrogen) atoms. The number of hydrogen-bond acceptors (Lipinski definition) is 8. The van der Waals surface area contributed by atoms with Gasteiger partial charge in [0.25, 0.3) is 0 Å². The number of carboxylic acids is 1. The van der Waals surface area contributed by atoms with Crippen molar-refractivity contribution < 1.29 is 33.8 Å². The highest BCUT2D eigenvalue weighted by Gasteiger charge is 2.27. The number of ether oxygens (including phenoxy) is 2. The van der Waals surface area contributed by atoms with Crippen LogP contribution >= 0.6 is 11.3 Å². The van der Waals surface area contributed by atoms with E-state index in [0.29, 0.717) is 5.56 Å². The van der Waals surface area contributed by atoms with E-state index >= 15 is 0 Å². The molecule has 0 saturated carbocycles. The molecule has 1 amide bonds. The summed E-state index contributed by atoms with van der Waals surface area (Å²) < 4.78 is 11.2. The molecule has 2 aromatic heterocycles. The first-order chi connectivity index (χ1) is 13.8. The van der Waals surface area contributed by atoms with Gasteiger partial charge in [0.15, 0.2) is 0 Å². The van der Waals surface area contributed by atoms with Crippen LogP contribution in [0.15, 0.2) is 12.3 Å². The van der Waals surface area contributed by atoms with E-state index in [1.54, 1.807) is 20.8 Å². The monoisotopic (exact) mass is 423 g/mol. The van der Waals surface area contributed by atoms with Crippen LogP contribution in [0.25, 0.3) is 0 Å². The third-order valence-corrected chi connectivity index (χ3v) is 5.01. The number of anilines is 1. The van der Waals surface area contributed by atoms with E-state index in [1.807, 2.05) is 0 Å². The number of aromatic carboxylic acids is 1. The Balaban J connectivity index is 2.21. The molecule has 0 aliphatic rings. The maximum atomic E-state index is 12.4. The topological polar surface area (TPSA) is 137 Å². The van der Waals surface area contributed by atoms with Gasteiger partial charge in [-0.1, -0.05) is 0 Å². The fourth-order valence-electron chi connectivity index (χ4n) is 2.53. The van der Waals surface area contributed by atoms with Gasteiger partial charge in [0, 0.05) is 12.6 Å². The van der Waals surface area contributed by atoms with E-state index in [2.05, 4.69) is 10.4 Å². The summed E-state index contributed by atoms with van der Waals surface area (Å²) in [5, 5.41) is 15.7. The van der Waals surface area contributed by atoms with Crippen LogP contribution in [0.1, 0.15) is 56.3 Å². The number of hydrogen-bond donors (Lipinski definition) is 2. The van der Waals surface area contributed by atoms with Gasteiger partial charge in [0.05, 0.1) is 25.3 Å². The lowest BCUT2D eigenvalue weighted by molar-refractivity contribution is -0.116. The highest BCUT2D eigenvalue weighted by Crippen LogP contribution is 2.34. The molecule has 0 aliphatic heterocycles. The zero-order valence-electron chi connectivity index (χ0n) is 16.2. The molecule has 0 fully saturated rings. The van der Waals surface area contributed by atoms with E-state index in [0.717, 1.165) is 11.3 Å². The highest BCUT2D eigenvalue weighted by molar-refractivity contribution is 7.18. The molecule has 2 heterocycles. The van der Waals surface area contributed by atoms with Gasteiger partial charge in [0.2, 0.25) is 5.91 Å². The summed E-state index contributed by atoms with van der Waals surface area (Å²) >= 11 is 0.924. The fourth-order valence-corrected chi connectivity index (χ4v) is 3.64. The zero-order valence-corrected chi connectivity index (χ0v) is 17.0. The quantitative estimate of drug-likeness (QED) is 0.586. The van der Waals surface area contributed by atoms with Crippen molar-refractivity contribution in [1.82, 2.24) is 9.78 Å². The average Bonchev–Trinajstić information content (AvgIpc) is 3.25. The van der Waals surface area contributed by atoms with Crippen molar-refractivity contribution in [3.05, 3.63) is 34.0 Å². The summed E-state index contributed by atoms with van der Waals surface area (Å²) in [6, 6.07) is 1.33. The molecule has 0 spiro atoms.